The highest BCUT2D eigenvalue weighted by Crippen LogP contribution is 2.21. The number of benzene rings is 1. The molecule has 20 heavy (non-hydrogen) atoms. The van der Waals surface area contributed by atoms with Crippen LogP contribution >= 0.6 is 12.4 Å². The number of piperidine rings is 1. The van der Waals surface area contributed by atoms with Gasteiger partial charge in [-0.2, -0.15) is 0 Å². The average Bonchev–Trinajstić information content (AvgIpc) is 2.42. The SMILES string of the molecule is CCOc1ccc(CN2CCCC(C(C)N)C2)cc1.Cl. The third-order valence-corrected chi connectivity index (χ3v) is 3.93. The molecular formula is C16H27ClN2O. The van der Waals surface area contributed by atoms with E-state index in [1.54, 1.807) is 0 Å². The van der Waals surface area contributed by atoms with Crippen molar-refractivity contribution in [1.82, 2.24) is 4.90 Å². The van der Waals surface area contributed by atoms with Crippen molar-refractivity contribution in [3.05, 3.63) is 29.8 Å². The Labute approximate surface area is 128 Å². The number of ether oxygens (including phenoxy) is 1. The lowest BCUT2D eigenvalue weighted by atomic mass is 9.92. The highest BCUT2D eigenvalue weighted by atomic mass is 35.5. The average molecular weight is 299 g/mol. The molecule has 0 aliphatic carbocycles. The van der Waals surface area contributed by atoms with Crippen molar-refractivity contribution in [2.45, 2.75) is 39.3 Å². The van der Waals surface area contributed by atoms with Crippen molar-refractivity contribution >= 4 is 12.4 Å². The molecule has 4 heteroatoms. The van der Waals surface area contributed by atoms with Gasteiger partial charge in [-0.1, -0.05) is 12.1 Å². The number of likely N-dealkylation sites (tertiary alicyclic amines) is 1. The highest BCUT2D eigenvalue weighted by Gasteiger charge is 2.22. The molecule has 1 heterocycles. The van der Waals surface area contributed by atoms with Gasteiger partial charge in [0.05, 0.1) is 6.61 Å². The normalized spacial score (nSPS) is 21.1. The topological polar surface area (TPSA) is 38.5 Å². The fourth-order valence-corrected chi connectivity index (χ4v) is 2.78. The molecule has 0 amide bonds. The summed E-state index contributed by atoms with van der Waals surface area (Å²) in [6, 6.07) is 8.77. The minimum Gasteiger partial charge on any atom is -0.494 e. The van der Waals surface area contributed by atoms with Crippen molar-refractivity contribution in [3.63, 3.8) is 0 Å². The van der Waals surface area contributed by atoms with Gasteiger partial charge < -0.3 is 10.5 Å². The fraction of sp³-hybridized carbons (Fsp3) is 0.625. The van der Waals surface area contributed by atoms with Gasteiger partial charge in [-0.3, -0.25) is 4.90 Å². The van der Waals surface area contributed by atoms with Gasteiger partial charge in [0, 0.05) is 19.1 Å². The zero-order valence-corrected chi connectivity index (χ0v) is 13.4. The van der Waals surface area contributed by atoms with Crippen LogP contribution in [0.15, 0.2) is 24.3 Å². The van der Waals surface area contributed by atoms with Crippen molar-refractivity contribution in [1.29, 1.82) is 0 Å². The van der Waals surface area contributed by atoms with Gasteiger partial charge in [-0.15, -0.1) is 12.4 Å². The van der Waals surface area contributed by atoms with E-state index in [0.717, 1.165) is 25.4 Å². The summed E-state index contributed by atoms with van der Waals surface area (Å²) in [5.74, 6) is 1.61. The van der Waals surface area contributed by atoms with Crippen LogP contribution in [0, 0.1) is 5.92 Å². The van der Waals surface area contributed by atoms with Gasteiger partial charge in [0.25, 0.3) is 0 Å². The van der Waals surface area contributed by atoms with Crippen molar-refractivity contribution in [3.8, 4) is 5.75 Å². The second kappa shape index (κ2) is 8.50. The highest BCUT2D eigenvalue weighted by molar-refractivity contribution is 5.85. The molecule has 0 aromatic heterocycles. The Morgan fingerprint density at radius 3 is 2.65 bits per heavy atom. The van der Waals surface area contributed by atoms with Gasteiger partial charge in [0.1, 0.15) is 5.75 Å². The predicted molar refractivity (Wildman–Crippen MR) is 86.5 cm³/mol. The minimum atomic E-state index is 0. The zero-order valence-electron chi connectivity index (χ0n) is 12.5. The van der Waals surface area contributed by atoms with Crippen LogP contribution in [0.4, 0.5) is 0 Å². The summed E-state index contributed by atoms with van der Waals surface area (Å²) < 4.78 is 5.47. The zero-order chi connectivity index (χ0) is 13.7. The van der Waals surface area contributed by atoms with Crippen molar-refractivity contribution in [2.75, 3.05) is 19.7 Å². The molecule has 3 nitrogen and oxygen atoms in total. The molecule has 1 aromatic rings. The third-order valence-electron chi connectivity index (χ3n) is 3.93. The van der Waals surface area contributed by atoms with E-state index < -0.39 is 0 Å². The predicted octanol–water partition coefficient (Wildman–Crippen LogP) is 3.07. The Kier molecular flexibility index (Phi) is 7.35. The van der Waals surface area contributed by atoms with E-state index >= 15 is 0 Å². The molecule has 0 radical (unpaired) electrons. The van der Waals surface area contributed by atoms with Crippen molar-refractivity contribution < 1.29 is 4.74 Å². The largest absolute Gasteiger partial charge is 0.494 e. The van der Waals surface area contributed by atoms with E-state index in [4.69, 9.17) is 10.5 Å². The Balaban J connectivity index is 0.00000200. The van der Waals surface area contributed by atoms with E-state index in [2.05, 4.69) is 36.1 Å². The summed E-state index contributed by atoms with van der Waals surface area (Å²) in [4.78, 5) is 2.52. The maximum Gasteiger partial charge on any atom is 0.119 e. The molecule has 2 rings (SSSR count). The molecule has 0 bridgehead atoms. The Hall–Kier alpha value is -0.770. The molecule has 114 valence electrons. The third kappa shape index (κ3) is 4.97. The number of hydrogen-bond acceptors (Lipinski definition) is 3. The Bertz CT molecular complexity index is 381. The van der Waals surface area contributed by atoms with E-state index in [0.29, 0.717) is 12.0 Å². The molecule has 1 aliphatic heterocycles. The number of halogens is 1. The first-order chi connectivity index (χ1) is 9.19. The monoisotopic (exact) mass is 298 g/mol. The van der Waals surface area contributed by atoms with Crippen LogP contribution in [0.5, 0.6) is 5.75 Å². The van der Waals surface area contributed by atoms with Crippen LogP contribution in [0.25, 0.3) is 0 Å². The maximum atomic E-state index is 6.03. The molecular weight excluding hydrogens is 272 g/mol. The fourth-order valence-electron chi connectivity index (χ4n) is 2.78. The van der Waals surface area contributed by atoms with Gasteiger partial charge >= 0.3 is 0 Å². The summed E-state index contributed by atoms with van der Waals surface area (Å²) >= 11 is 0. The first-order valence-electron chi connectivity index (χ1n) is 7.38. The molecule has 2 unspecified atom stereocenters. The Morgan fingerprint density at radius 1 is 1.35 bits per heavy atom. The van der Waals surface area contributed by atoms with Gasteiger partial charge in [0.2, 0.25) is 0 Å². The molecule has 1 aromatic carbocycles. The van der Waals surface area contributed by atoms with Crippen molar-refractivity contribution in [2.24, 2.45) is 11.7 Å². The van der Waals surface area contributed by atoms with E-state index in [-0.39, 0.29) is 12.4 Å². The molecule has 2 N–H and O–H groups in total. The number of nitrogens with two attached hydrogens (primary N) is 1. The minimum absolute atomic E-state index is 0. The maximum absolute atomic E-state index is 6.03. The van der Waals surface area contributed by atoms with Crippen LogP contribution in [0.1, 0.15) is 32.3 Å². The van der Waals surface area contributed by atoms with E-state index in [1.807, 2.05) is 6.92 Å². The Morgan fingerprint density at radius 2 is 2.05 bits per heavy atom. The lowest BCUT2D eigenvalue weighted by Crippen LogP contribution is -2.41. The number of hydrogen-bond donors (Lipinski definition) is 1. The second-order valence-corrected chi connectivity index (χ2v) is 5.57. The molecule has 0 spiro atoms. The lowest BCUT2D eigenvalue weighted by Gasteiger charge is -2.34. The summed E-state index contributed by atoms with van der Waals surface area (Å²) in [6.45, 7) is 8.21. The molecule has 0 saturated carbocycles. The quantitative estimate of drug-likeness (QED) is 0.908. The molecule has 1 aliphatic rings. The van der Waals surface area contributed by atoms with Gasteiger partial charge in [0.15, 0.2) is 0 Å². The van der Waals surface area contributed by atoms with E-state index in [9.17, 15) is 0 Å². The summed E-state index contributed by atoms with van der Waals surface area (Å²) in [6.07, 6.45) is 2.54. The van der Waals surface area contributed by atoms with Crippen LogP contribution in [-0.2, 0) is 6.54 Å². The van der Waals surface area contributed by atoms with Gasteiger partial charge in [-0.25, -0.2) is 0 Å². The van der Waals surface area contributed by atoms with E-state index in [1.165, 1.54) is 24.9 Å². The molecule has 1 saturated heterocycles. The lowest BCUT2D eigenvalue weighted by molar-refractivity contribution is 0.154. The van der Waals surface area contributed by atoms with Crippen LogP contribution in [0.2, 0.25) is 0 Å². The first-order valence-corrected chi connectivity index (χ1v) is 7.38. The molecule has 2 atom stereocenters. The van der Waals surface area contributed by atoms with Crippen LogP contribution in [-0.4, -0.2) is 30.6 Å². The first kappa shape index (κ1) is 17.3. The smallest absolute Gasteiger partial charge is 0.119 e. The van der Waals surface area contributed by atoms with Crippen LogP contribution < -0.4 is 10.5 Å². The van der Waals surface area contributed by atoms with Gasteiger partial charge in [-0.05, 0) is 56.8 Å². The summed E-state index contributed by atoms with van der Waals surface area (Å²) in [5, 5.41) is 0. The van der Waals surface area contributed by atoms with Crippen LogP contribution in [0.3, 0.4) is 0 Å². The standard InChI is InChI=1S/C16H26N2O.ClH/c1-3-19-16-8-6-14(7-9-16)11-18-10-4-5-15(12-18)13(2)17;/h6-9,13,15H,3-5,10-12,17H2,1-2H3;1H. The second-order valence-electron chi connectivity index (χ2n) is 5.57. The summed E-state index contributed by atoms with van der Waals surface area (Å²) in [7, 11) is 0. The number of rotatable bonds is 5. The summed E-state index contributed by atoms with van der Waals surface area (Å²) in [5.41, 5.74) is 7.39. The number of nitrogens with zero attached hydrogens (tertiary/aromatic N) is 1. The molecule has 1 fully saturated rings.